The summed E-state index contributed by atoms with van der Waals surface area (Å²) < 4.78 is 1.64. The molecule has 0 bridgehead atoms. The topological polar surface area (TPSA) is 58.3 Å². The molecular weight excluding hydrogens is 276 g/mol. The van der Waals surface area contributed by atoms with E-state index in [0.29, 0.717) is 10.7 Å². The van der Waals surface area contributed by atoms with Gasteiger partial charge in [0.2, 0.25) is 0 Å². The number of benzene rings is 2. The Bertz CT molecular complexity index is 751. The summed E-state index contributed by atoms with van der Waals surface area (Å²) in [5.74, 6) is 0.333. The highest BCUT2D eigenvalue weighted by Crippen LogP contribution is 2.26. The molecule has 3 aromatic rings. The van der Waals surface area contributed by atoms with E-state index in [1.165, 1.54) is 6.07 Å². The average Bonchev–Trinajstić information content (AvgIpc) is 2.89. The summed E-state index contributed by atoms with van der Waals surface area (Å²) in [5, 5.41) is 23.5. The highest BCUT2D eigenvalue weighted by Gasteiger charge is 2.07. The van der Waals surface area contributed by atoms with E-state index in [4.69, 9.17) is 11.6 Å². The van der Waals surface area contributed by atoms with Crippen molar-refractivity contribution < 1.29 is 10.2 Å². The van der Waals surface area contributed by atoms with E-state index >= 15 is 0 Å². The molecule has 3 rings (SSSR count). The minimum absolute atomic E-state index is 0.115. The molecule has 1 aromatic heterocycles. The first-order chi connectivity index (χ1) is 9.63. The van der Waals surface area contributed by atoms with Crippen molar-refractivity contribution in [3.8, 4) is 28.4 Å². The maximum absolute atomic E-state index is 9.36. The highest BCUT2D eigenvalue weighted by molar-refractivity contribution is 6.32. The molecule has 0 aliphatic rings. The third-order valence-corrected chi connectivity index (χ3v) is 3.23. The van der Waals surface area contributed by atoms with Crippen LogP contribution in [0.2, 0.25) is 5.02 Å². The fraction of sp³-hybridized carbons (Fsp3) is 0. The van der Waals surface area contributed by atoms with Crippen molar-refractivity contribution in [2.75, 3.05) is 0 Å². The van der Waals surface area contributed by atoms with E-state index in [1.807, 2.05) is 6.07 Å². The van der Waals surface area contributed by atoms with Crippen LogP contribution in [0.1, 0.15) is 0 Å². The van der Waals surface area contributed by atoms with Crippen LogP contribution in [-0.4, -0.2) is 20.0 Å². The van der Waals surface area contributed by atoms with E-state index in [1.54, 1.807) is 47.3 Å². The van der Waals surface area contributed by atoms with Gasteiger partial charge in [-0.2, -0.15) is 5.10 Å². The van der Waals surface area contributed by atoms with Crippen LogP contribution >= 0.6 is 11.6 Å². The van der Waals surface area contributed by atoms with Crippen LogP contribution in [0, 0.1) is 0 Å². The number of hydrogen-bond acceptors (Lipinski definition) is 3. The number of phenolic OH excluding ortho intramolecular Hbond substituents is 2. The summed E-state index contributed by atoms with van der Waals surface area (Å²) in [6.07, 6.45) is 1.79. The number of hydrogen-bond donors (Lipinski definition) is 2. The highest BCUT2D eigenvalue weighted by atomic mass is 35.5. The van der Waals surface area contributed by atoms with Gasteiger partial charge < -0.3 is 10.2 Å². The van der Waals surface area contributed by atoms with Gasteiger partial charge in [-0.1, -0.05) is 11.6 Å². The minimum atomic E-state index is 0.115. The molecule has 5 heteroatoms. The molecule has 2 aromatic carbocycles. The largest absolute Gasteiger partial charge is 0.508 e. The van der Waals surface area contributed by atoms with Crippen LogP contribution in [0.3, 0.4) is 0 Å². The lowest BCUT2D eigenvalue weighted by molar-refractivity contribution is 0.475. The van der Waals surface area contributed by atoms with Crippen molar-refractivity contribution in [2.45, 2.75) is 0 Å². The third kappa shape index (κ3) is 2.33. The van der Waals surface area contributed by atoms with Gasteiger partial charge in [0.25, 0.3) is 0 Å². The molecule has 0 spiro atoms. The summed E-state index contributed by atoms with van der Waals surface area (Å²) in [4.78, 5) is 0. The Labute approximate surface area is 120 Å². The van der Waals surface area contributed by atoms with Gasteiger partial charge in [0.1, 0.15) is 11.5 Å². The maximum atomic E-state index is 9.36. The first kappa shape index (κ1) is 12.6. The lowest BCUT2D eigenvalue weighted by atomic mass is 10.1. The van der Waals surface area contributed by atoms with Gasteiger partial charge in [-0.05, 0) is 42.5 Å². The zero-order valence-electron chi connectivity index (χ0n) is 10.4. The van der Waals surface area contributed by atoms with Crippen LogP contribution in [0.25, 0.3) is 16.9 Å². The first-order valence-electron chi connectivity index (χ1n) is 5.97. The van der Waals surface area contributed by atoms with Crippen LogP contribution in [-0.2, 0) is 0 Å². The van der Waals surface area contributed by atoms with E-state index in [2.05, 4.69) is 5.10 Å². The lowest BCUT2D eigenvalue weighted by Crippen LogP contribution is -1.95. The van der Waals surface area contributed by atoms with Gasteiger partial charge in [0.15, 0.2) is 0 Å². The van der Waals surface area contributed by atoms with Gasteiger partial charge in [0.05, 0.1) is 16.4 Å². The Balaban J connectivity index is 1.99. The number of phenols is 2. The summed E-state index contributed by atoms with van der Waals surface area (Å²) in [5.41, 5.74) is 2.36. The van der Waals surface area contributed by atoms with Crippen molar-refractivity contribution >= 4 is 11.6 Å². The Morgan fingerprint density at radius 1 is 0.900 bits per heavy atom. The van der Waals surface area contributed by atoms with E-state index in [-0.39, 0.29) is 11.5 Å². The molecule has 20 heavy (non-hydrogen) atoms. The average molecular weight is 287 g/mol. The molecule has 100 valence electrons. The predicted molar refractivity (Wildman–Crippen MR) is 77.3 cm³/mol. The molecule has 0 amide bonds. The normalized spacial score (nSPS) is 10.7. The molecule has 0 saturated heterocycles. The molecule has 0 fully saturated rings. The van der Waals surface area contributed by atoms with Crippen LogP contribution in [0.15, 0.2) is 54.7 Å². The van der Waals surface area contributed by atoms with Crippen molar-refractivity contribution in [1.29, 1.82) is 0 Å². The minimum Gasteiger partial charge on any atom is -0.508 e. The zero-order chi connectivity index (χ0) is 14.1. The van der Waals surface area contributed by atoms with Crippen LogP contribution in [0.5, 0.6) is 11.5 Å². The van der Waals surface area contributed by atoms with Gasteiger partial charge in [-0.15, -0.1) is 0 Å². The van der Waals surface area contributed by atoms with Gasteiger partial charge in [-0.25, -0.2) is 4.68 Å². The van der Waals surface area contributed by atoms with E-state index in [9.17, 15) is 10.2 Å². The zero-order valence-corrected chi connectivity index (χ0v) is 11.1. The summed E-state index contributed by atoms with van der Waals surface area (Å²) in [6.45, 7) is 0. The van der Waals surface area contributed by atoms with Crippen LogP contribution in [0.4, 0.5) is 0 Å². The summed E-state index contributed by atoms with van der Waals surface area (Å²) >= 11 is 6.09. The SMILES string of the molecule is Oc1ccc(-c2ccn(-c3ccc(O)cc3Cl)n2)cc1. The Morgan fingerprint density at radius 2 is 1.60 bits per heavy atom. The molecule has 0 aliphatic heterocycles. The molecule has 1 heterocycles. The molecule has 0 atom stereocenters. The summed E-state index contributed by atoms with van der Waals surface area (Å²) in [7, 11) is 0. The second-order valence-corrected chi connectivity index (χ2v) is 4.74. The smallest absolute Gasteiger partial charge is 0.117 e. The third-order valence-electron chi connectivity index (χ3n) is 2.93. The second-order valence-electron chi connectivity index (χ2n) is 4.33. The lowest BCUT2D eigenvalue weighted by Gasteiger charge is -2.04. The predicted octanol–water partition coefficient (Wildman–Crippen LogP) is 3.60. The van der Waals surface area contributed by atoms with Crippen molar-refractivity contribution in [3.63, 3.8) is 0 Å². The number of nitrogens with zero attached hydrogens (tertiary/aromatic N) is 2. The Kier molecular flexibility index (Phi) is 3.08. The Morgan fingerprint density at radius 3 is 2.30 bits per heavy atom. The van der Waals surface area contributed by atoms with Gasteiger partial charge in [-0.3, -0.25) is 0 Å². The fourth-order valence-electron chi connectivity index (χ4n) is 1.93. The molecule has 2 N–H and O–H groups in total. The fourth-order valence-corrected chi connectivity index (χ4v) is 2.19. The van der Waals surface area contributed by atoms with Crippen LogP contribution < -0.4 is 0 Å². The molecule has 4 nitrogen and oxygen atoms in total. The molecule has 0 radical (unpaired) electrons. The molecule has 0 unspecified atom stereocenters. The number of rotatable bonds is 2. The number of aromatic nitrogens is 2. The van der Waals surface area contributed by atoms with Crippen molar-refractivity contribution in [1.82, 2.24) is 9.78 Å². The van der Waals surface area contributed by atoms with Gasteiger partial charge in [0, 0.05) is 17.8 Å². The molecule has 0 aliphatic carbocycles. The van der Waals surface area contributed by atoms with E-state index < -0.39 is 0 Å². The molecule has 0 saturated carbocycles. The quantitative estimate of drug-likeness (QED) is 0.757. The number of aromatic hydroxyl groups is 2. The second kappa shape index (κ2) is 4.90. The maximum Gasteiger partial charge on any atom is 0.117 e. The van der Waals surface area contributed by atoms with Crippen molar-refractivity contribution in [2.24, 2.45) is 0 Å². The van der Waals surface area contributed by atoms with Crippen molar-refractivity contribution in [3.05, 3.63) is 59.8 Å². The standard InChI is InChI=1S/C15H11ClN2O2/c16-13-9-12(20)5-6-15(13)18-8-7-14(17-18)10-1-3-11(19)4-2-10/h1-9,19-20H. The van der Waals surface area contributed by atoms with Gasteiger partial charge >= 0.3 is 0 Å². The first-order valence-corrected chi connectivity index (χ1v) is 6.35. The van der Waals surface area contributed by atoms with E-state index in [0.717, 1.165) is 11.3 Å². The monoisotopic (exact) mass is 286 g/mol. The molecular formula is C15H11ClN2O2. The Hall–Kier alpha value is -2.46. The summed E-state index contributed by atoms with van der Waals surface area (Å²) in [6, 6.07) is 13.4. The number of halogens is 1.